The Balaban J connectivity index is 1.68. The third-order valence-electron chi connectivity index (χ3n) is 4.98. The zero-order valence-corrected chi connectivity index (χ0v) is 16.2. The van der Waals surface area contributed by atoms with Gasteiger partial charge >= 0.3 is 0 Å². The quantitative estimate of drug-likeness (QED) is 0.716. The van der Waals surface area contributed by atoms with Crippen LogP contribution < -0.4 is 20.5 Å². The number of benzene rings is 1. The predicted molar refractivity (Wildman–Crippen MR) is 106 cm³/mol. The van der Waals surface area contributed by atoms with Crippen LogP contribution in [0.3, 0.4) is 0 Å². The van der Waals surface area contributed by atoms with Gasteiger partial charge in [-0.25, -0.2) is 19.3 Å². The summed E-state index contributed by atoms with van der Waals surface area (Å²) in [5.41, 5.74) is 1.78. The van der Waals surface area contributed by atoms with Gasteiger partial charge in [-0.2, -0.15) is 0 Å². The SMILES string of the molecule is COc1cc(F)ccc1C1CN(c2nc(-c3ccncn3)cc(=O)n2C)CCN1. The lowest BCUT2D eigenvalue weighted by atomic mass is 10.0. The summed E-state index contributed by atoms with van der Waals surface area (Å²) in [6, 6.07) is 7.60. The number of piperazine rings is 1. The molecule has 1 N–H and O–H groups in total. The fraction of sp³-hybridized carbons (Fsp3) is 0.300. The van der Waals surface area contributed by atoms with Crippen LogP contribution in [0.1, 0.15) is 11.6 Å². The molecule has 150 valence electrons. The lowest BCUT2D eigenvalue weighted by molar-refractivity contribution is 0.387. The molecule has 0 spiro atoms. The number of anilines is 1. The van der Waals surface area contributed by atoms with Crippen molar-refractivity contribution in [1.29, 1.82) is 0 Å². The molecular formula is C20H21FN6O2. The Morgan fingerprint density at radius 1 is 1.24 bits per heavy atom. The Morgan fingerprint density at radius 2 is 2.10 bits per heavy atom. The minimum Gasteiger partial charge on any atom is -0.496 e. The van der Waals surface area contributed by atoms with E-state index in [4.69, 9.17) is 9.72 Å². The number of nitrogens with one attached hydrogen (secondary N) is 1. The highest BCUT2D eigenvalue weighted by Gasteiger charge is 2.26. The Labute approximate surface area is 167 Å². The molecule has 1 unspecified atom stereocenters. The normalized spacial score (nSPS) is 16.7. The molecule has 4 rings (SSSR count). The molecule has 3 aromatic rings. The van der Waals surface area contributed by atoms with Crippen molar-refractivity contribution < 1.29 is 9.13 Å². The number of methoxy groups -OCH3 is 1. The van der Waals surface area contributed by atoms with Gasteiger partial charge in [0.05, 0.1) is 24.5 Å². The zero-order valence-electron chi connectivity index (χ0n) is 16.2. The second-order valence-corrected chi connectivity index (χ2v) is 6.77. The van der Waals surface area contributed by atoms with Crippen molar-refractivity contribution in [3.63, 3.8) is 0 Å². The number of hydrogen-bond acceptors (Lipinski definition) is 7. The van der Waals surface area contributed by atoms with Gasteiger partial charge in [0.2, 0.25) is 5.95 Å². The van der Waals surface area contributed by atoms with E-state index >= 15 is 0 Å². The lowest BCUT2D eigenvalue weighted by Gasteiger charge is -2.35. The Morgan fingerprint density at radius 3 is 2.86 bits per heavy atom. The molecule has 0 radical (unpaired) electrons. The summed E-state index contributed by atoms with van der Waals surface area (Å²) in [5.74, 6) is 0.694. The first kappa shape index (κ1) is 19.0. The molecular weight excluding hydrogens is 375 g/mol. The van der Waals surface area contributed by atoms with Crippen molar-refractivity contribution in [3.05, 3.63) is 64.6 Å². The smallest absolute Gasteiger partial charge is 0.255 e. The van der Waals surface area contributed by atoms with Gasteiger partial charge in [0.1, 0.15) is 17.9 Å². The molecule has 1 aliphatic rings. The van der Waals surface area contributed by atoms with Crippen molar-refractivity contribution >= 4 is 5.95 Å². The first-order valence-electron chi connectivity index (χ1n) is 9.23. The Hall–Kier alpha value is -3.33. The second kappa shape index (κ2) is 7.96. The third kappa shape index (κ3) is 3.81. The van der Waals surface area contributed by atoms with Crippen molar-refractivity contribution in [2.45, 2.75) is 6.04 Å². The lowest BCUT2D eigenvalue weighted by Crippen LogP contribution is -2.47. The molecule has 0 amide bonds. The van der Waals surface area contributed by atoms with E-state index in [9.17, 15) is 9.18 Å². The van der Waals surface area contributed by atoms with Crippen LogP contribution in [0.4, 0.5) is 10.3 Å². The van der Waals surface area contributed by atoms with E-state index in [1.807, 2.05) is 4.90 Å². The highest BCUT2D eigenvalue weighted by atomic mass is 19.1. The summed E-state index contributed by atoms with van der Waals surface area (Å²) in [5, 5.41) is 3.43. The van der Waals surface area contributed by atoms with Crippen molar-refractivity contribution in [2.75, 3.05) is 31.6 Å². The van der Waals surface area contributed by atoms with Gasteiger partial charge in [-0.1, -0.05) is 6.07 Å². The van der Waals surface area contributed by atoms with Crippen molar-refractivity contribution in [3.8, 4) is 17.1 Å². The molecule has 1 fully saturated rings. The van der Waals surface area contributed by atoms with Crippen LogP contribution >= 0.6 is 0 Å². The molecule has 0 bridgehead atoms. The van der Waals surface area contributed by atoms with Gasteiger partial charge in [-0.05, 0) is 12.1 Å². The Bertz CT molecular complexity index is 1070. The number of hydrogen-bond donors (Lipinski definition) is 1. The van der Waals surface area contributed by atoms with Gasteiger partial charge in [0, 0.05) is 50.6 Å². The number of rotatable bonds is 4. The summed E-state index contributed by atoms with van der Waals surface area (Å²) < 4.78 is 20.5. The minimum absolute atomic E-state index is 0.0982. The standard InChI is InChI=1S/C20H21FN6O2/c1-26-19(28)10-16(15-5-6-22-12-24-15)25-20(26)27-8-7-23-17(11-27)14-4-3-13(21)9-18(14)29-2/h3-6,9-10,12,17,23H,7-8,11H2,1-2H3. The van der Waals surface area contributed by atoms with Crippen LogP contribution in [0.2, 0.25) is 0 Å². The van der Waals surface area contributed by atoms with Crippen molar-refractivity contribution in [2.24, 2.45) is 7.05 Å². The van der Waals surface area contributed by atoms with E-state index in [0.717, 1.165) is 5.56 Å². The van der Waals surface area contributed by atoms with Crippen LogP contribution in [0.5, 0.6) is 5.75 Å². The molecule has 0 aliphatic carbocycles. The average molecular weight is 396 g/mol. The van der Waals surface area contributed by atoms with Crippen molar-refractivity contribution in [1.82, 2.24) is 24.8 Å². The molecule has 1 saturated heterocycles. The van der Waals surface area contributed by atoms with E-state index in [1.165, 1.54) is 36.2 Å². The Kier molecular flexibility index (Phi) is 5.22. The molecule has 9 heteroatoms. The van der Waals surface area contributed by atoms with Gasteiger partial charge in [0.15, 0.2) is 0 Å². The van der Waals surface area contributed by atoms with Gasteiger partial charge in [0.25, 0.3) is 5.56 Å². The van der Waals surface area contributed by atoms with Gasteiger partial charge in [-0.3, -0.25) is 9.36 Å². The van der Waals surface area contributed by atoms with Crippen LogP contribution in [0, 0.1) is 5.82 Å². The monoisotopic (exact) mass is 396 g/mol. The molecule has 29 heavy (non-hydrogen) atoms. The van der Waals surface area contributed by atoms with E-state index in [0.29, 0.717) is 42.7 Å². The molecule has 3 heterocycles. The summed E-state index contributed by atoms with van der Waals surface area (Å²) >= 11 is 0. The first-order valence-corrected chi connectivity index (χ1v) is 9.23. The third-order valence-corrected chi connectivity index (χ3v) is 4.98. The molecule has 1 aromatic carbocycles. The largest absolute Gasteiger partial charge is 0.496 e. The molecule has 1 aliphatic heterocycles. The molecule has 2 aromatic heterocycles. The minimum atomic E-state index is -0.347. The highest BCUT2D eigenvalue weighted by molar-refractivity contribution is 5.55. The number of nitrogens with zero attached hydrogens (tertiary/aromatic N) is 5. The number of halogens is 1. The van der Waals surface area contributed by atoms with E-state index < -0.39 is 0 Å². The second-order valence-electron chi connectivity index (χ2n) is 6.77. The molecule has 8 nitrogen and oxygen atoms in total. The first-order chi connectivity index (χ1) is 14.1. The van der Waals surface area contributed by atoms with Gasteiger partial charge < -0.3 is 15.0 Å². The molecule has 1 atom stereocenters. The fourth-order valence-corrected chi connectivity index (χ4v) is 3.50. The van der Waals surface area contributed by atoms with Crippen LogP contribution in [0.15, 0.2) is 47.7 Å². The van der Waals surface area contributed by atoms with E-state index in [-0.39, 0.29) is 17.4 Å². The summed E-state index contributed by atoms with van der Waals surface area (Å²) in [7, 11) is 3.22. The highest BCUT2D eigenvalue weighted by Crippen LogP contribution is 2.29. The van der Waals surface area contributed by atoms with Crippen LogP contribution in [-0.2, 0) is 7.05 Å². The van der Waals surface area contributed by atoms with Gasteiger partial charge in [-0.15, -0.1) is 0 Å². The number of ether oxygens (including phenoxy) is 1. The molecule has 0 saturated carbocycles. The topological polar surface area (TPSA) is 85.2 Å². The summed E-state index contributed by atoms with van der Waals surface area (Å²) in [6.07, 6.45) is 3.04. The van der Waals surface area contributed by atoms with Crippen LogP contribution in [-0.4, -0.2) is 46.3 Å². The van der Waals surface area contributed by atoms with Crippen LogP contribution in [0.25, 0.3) is 11.4 Å². The summed E-state index contributed by atoms with van der Waals surface area (Å²) in [6.45, 7) is 1.90. The van der Waals surface area contributed by atoms with E-state index in [2.05, 4.69) is 15.3 Å². The zero-order chi connectivity index (χ0) is 20.4. The number of aromatic nitrogens is 4. The maximum atomic E-state index is 13.6. The maximum Gasteiger partial charge on any atom is 0.255 e. The van der Waals surface area contributed by atoms with E-state index in [1.54, 1.807) is 25.4 Å². The summed E-state index contributed by atoms with van der Waals surface area (Å²) in [4.78, 5) is 27.4. The average Bonchev–Trinajstić information content (AvgIpc) is 2.76. The maximum absolute atomic E-state index is 13.6. The predicted octanol–water partition coefficient (Wildman–Crippen LogP) is 1.54. The fourth-order valence-electron chi connectivity index (χ4n) is 3.50.